The number of rotatable bonds is 8. The molecule has 0 saturated carbocycles. The molecule has 0 atom stereocenters. The maximum atomic E-state index is 13.2. The third kappa shape index (κ3) is 5.89. The molecule has 1 heterocycles. The molecule has 28 heavy (non-hydrogen) atoms. The lowest BCUT2D eigenvalue weighted by atomic mass is 10.1. The van der Waals surface area contributed by atoms with Crippen molar-refractivity contribution in [2.45, 2.75) is 24.4 Å². The monoisotopic (exact) mass is 398 g/mol. The van der Waals surface area contributed by atoms with Crippen molar-refractivity contribution >= 4 is 17.7 Å². The molecule has 1 aromatic heterocycles. The first kappa shape index (κ1) is 20.0. The molecule has 0 aliphatic rings. The van der Waals surface area contributed by atoms with Gasteiger partial charge in [-0.3, -0.25) is 4.79 Å². The smallest absolute Gasteiger partial charge is 0.254 e. The van der Waals surface area contributed by atoms with Gasteiger partial charge in [0, 0.05) is 12.7 Å². The minimum Gasteiger partial charge on any atom is -0.348 e. The molecule has 0 aliphatic heterocycles. The van der Waals surface area contributed by atoms with Crippen LogP contribution in [0.2, 0.25) is 0 Å². The Morgan fingerprint density at radius 3 is 2.57 bits per heavy atom. The summed E-state index contributed by atoms with van der Waals surface area (Å²) in [6, 6.07) is 16.1. The molecule has 0 aliphatic carbocycles. The zero-order chi connectivity index (χ0) is 19.8. The minimum absolute atomic E-state index is 0.236. The van der Waals surface area contributed by atoms with Crippen molar-refractivity contribution in [2.24, 2.45) is 0 Å². The molecule has 144 valence electrons. The zero-order valence-electron chi connectivity index (χ0n) is 15.2. The second-order valence-electron chi connectivity index (χ2n) is 6.25. The number of pyridine rings is 1. The summed E-state index contributed by atoms with van der Waals surface area (Å²) in [5, 5.41) is 3.48. The Kier molecular flexibility index (Phi) is 7.14. The minimum atomic E-state index is -0.328. The predicted molar refractivity (Wildman–Crippen MR) is 107 cm³/mol. The fourth-order valence-corrected chi connectivity index (χ4v) is 3.63. The third-order valence-corrected chi connectivity index (χ3v) is 5.21. The molecule has 3 aromatic rings. The SMILES string of the molecule is O=C(NCc1cccc(F)c1)c1cccnc1SCCCc1ccc(F)cc1. The number of hydrogen-bond donors (Lipinski definition) is 1. The molecule has 1 N–H and O–H groups in total. The van der Waals surface area contributed by atoms with Crippen LogP contribution >= 0.6 is 11.8 Å². The zero-order valence-corrected chi connectivity index (χ0v) is 16.0. The molecule has 0 saturated heterocycles. The Balaban J connectivity index is 1.53. The number of nitrogens with zero attached hydrogens (tertiary/aromatic N) is 1. The summed E-state index contributed by atoms with van der Waals surface area (Å²) in [5.74, 6) is -0.0112. The number of aromatic nitrogens is 1. The Bertz CT molecular complexity index is 932. The average molecular weight is 398 g/mol. The highest BCUT2D eigenvalue weighted by Gasteiger charge is 2.12. The first-order chi connectivity index (χ1) is 13.6. The van der Waals surface area contributed by atoms with Crippen LogP contribution in [0.4, 0.5) is 8.78 Å². The third-order valence-electron chi connectivity index (χ3n) is 4.12. The molecule has 0 fully saturated rings. The lowest BCUT2D eigenvalue weighted by Gasteiger charge is -2.09. The number of thioether (sulfide) groups is 1. The average Bonchev–Trinajstić information content (AvgIpc) is 2.71. The summed E-state index contributed by atoms with van der Waals surface area (Å²) < 4.78 is 26.2. The van der Waals surface area contributed by atoms with Gasteiger partial charge in [0.15, 0.2) is 0 Å². The summed E-state index contributed by atoms with van der Waals surface area (Å²) in [7, 11) is 0. The van der Waals surface area contributed by atoms with E-state index in [1.165, 1.54) is 36.0 Å². The predicted octanol–water partition coefficient (Wildman–Crippen LogP) is 5.01. The quantitative estimate of drug-likeness (QED) is 0.428. The Hall–Kier alpha value is -2.73. The summed E-state index contributed by atoms with van der Waals surface area (Å²) in [5.41, 5.74) is 2.28. The number of halogens is 2. The van der Waals surface area contributed by atoms with Crippen molar-refractivity contribution in [1.82, 2.24) is 10.3 Å². The van der Waals surface area contributed by atoms with Gasteiger partial charge in [-0.2, -0.15) is 0 Å². The van der Waals surface area contributed by atoms with Crippen LogP contribution in [0.25, 0.3) is 0 Å². The van der Waals surface area contributed by atoms with Gasteiger partial charge in [0.05, 0.1) is 5.56 Å². The molecular formula is C22H20F2N2OS. The molecule has 0 bridgehead atoms. The van der Waals surface area contributed by atoms with Crippen LogP contribution in [0, 0.1) is 11.6 Å². The van der Waals surface area contributed by atoms with Crippen LogP contribution in [0.15, 0.2) is 71.9 Å². The van der Waals surface area contributed by atoms with Gasteiger partial charge >= 0.3 is 0 Å². The number of aryl methyl sites for hydroxylation is 1. The van der Waals surface area contributed by atoms with Crippen LogP contribution in [-0.4, -0.2) is 16.6 Å². The molecule has 0 radical (unpaired) electrons. The maximum absolute atomic E-state index is 13.2. The van der Waals surface area contributed by atoms with Crippen LogP contribution < -0.4 is 5.32 Å². The standard InChI is InChI=1S/C22H20F2N2OS/c23-18-10-8-16(9-11-18)5-3-13-28-22-20(7-2-12-25-22)21(27)26-15-17-4-1-6-19(24)14-17/h1-2,4,6-12,14H,3,5,13,15H2,(H,26,27). The molecule has 0 spiro atoms. The maximum Gasteiger partial charge on any atom is 0.254 e. The van der Waals surface area contributed by atoms with Gasteiger partial charge in [-0.05, 0) is 66.1 Å². The van der Waals surface area contributed by atoms with E-state index < -0.39 is 0 Å². The first-order valence-corrected chi connectivity index (χ1v) is 9.95. The van der Waals surface area contributed by atoms with Crippen molar-refractivity contribution in [2.75, 3.05) is 5.75 Å². The van der Waals surface area contributed by atoms with Crippen LogP contribution in [-0.2, 0) is 13.0 Å². The molecule has 3 nitrogen and oxygen atoms in total. The van der Waals surface area contributed by atoms with E-state index in [1.807, 2.05) is 0 Å². The number of hydrogen-bond acceptors (Lipinski definition) is 3. The van der Waals surface area contributed by atoms with E-state index >= 15 is 0 Å². The second kappa shape index (κ2) is 9.99. The fraction of sp³-hybridized carbons (Fsp3) is 0.182. The van der Waals surface area contributed by atoms with E-state index in [2.05, 4.69) is 10.3 Å². The number of carbonyl (C=O) groups excluding carboxylic acids is 1. The Morgan fingerprint density at radius 2 is 1.79 bits per heavy atom. The van der Waals surface area contributed by atoms with Crippen molar-refractivity contribution < 1.29 is 13.6 Å². The summed E-state index contributed by atoms with van der Waals surface area (Å²) in [4.78, 5) is 16.8. The highest BCUT2D eigenvalue weighted by atomic mass is 32.2. The van der Waals surface area contributed by atoms with Gasteiger partial charge in [0.2, 0.25) is 0 Å². The van der Waals surface area contributed by atoms with E-state index in [-0.39, 0.29) is 24.1 Å². The lowest BCUT2D eigenvalue weighted by Crippen LogP contribution is -2.23. The summed E-state index contributed by atoms with van der Waals surface area (Å²) in [6.07, 6.45) is 3.38. The van der Waals surface area contributed by atoms with Crippen LogP contribution in [0.5, 0.6) is 0 Å². The topological polar surface area (TPSA) is 42.0 Å². The second-order valence-corrected chi connectivity index (χ2v) is 7.33. The molecule has 1 amide bonds. The fourth-order valence-electron chi connectivity index (χ4n) is 2.70. The largest absolute Gasteiger partial charge is 0.348 e. The summed E-state index contributed by atoms with van der Waals surface area (Å²) >= 11 is 1.52. The van der Waals surface area contributed by atoms with Gasteiger partial charge in [-0.15, -0.1) is 11.8 Å². The molecule has 6 heteroatoms. The van der Waals surface area contributed by atoms with Crippen LogP contribution in [0.1, 0.15) is 27.9 Å². The number of carbonyl (C=O) groups is 1. The van der Waals surface area contributed by atoms with E-state index in [0.717, 1.165) is 24.2 Å². The lowest BCUT2D eigenvalue weighted by molar-refractivity contribution is 0.0947. The molecular weight excluding hydrogens is 378 g/mol. The summed E-state index contributed by atoms with van der Waals surface area (Å²) in [6.45, 7) is 0.250. The number of nitrogens with one attached hydrogen (secondary N) is 1. The number of amides is 1. The highest BCUT2D eigenvalue weighted by molar-refractivity contribution is 7.99. The Morgan fingerprint density at radius 1 is 0.964 bits per heavy atom. The van der Waals surface area contributed by atoms with E-state index in [1.54, 1.807) is 42.6 Å². The van der Waals surface area contributed by atoms with E-state index in [9.17, 15) is 13.6 Å². The van der Waals surface area contributed by atoms with Gasteiger partial charge in [0.25, 0.3) is 5.91 Å². The van der Waals surface area contributed by atoms with E-state index in [0.29, 0.717) is 16.2 Å². The molecule has 2 aromatic carbocycles. The van der Waals surface area contributed by atoms with Gasteiger partial charge in [0.1, 0.15) is 16.7 Å². The van der Waals surface area contributed by atoms with Crippen molar-refractivity contribution in [1.29, 1.82) is 0 Å². The van der Waals surface area contributed by atoms with Crippen molar-refractivity contribution in [3.05, 3.63) is 95.2 Å². The van der Waals surface area contributed by atoms with Gasteiger partial charge in [-0.25, -0.2) is 13.8 Å². The van der Waals surface area contributed by atoms with Crippen molar-refractivity contribution in [3.63, 3.8) is 0 Å². The first-order valence-electron chi connectivity index (χ1n) is 8.97. The molecule has 0 unspecified atom stereocenters. The van der Waals surface area contributed by atoms with Crippen molar-refractivity contribution in [3.8, 4) is 0 Å². The van der Waals surface area contributed by atoms with Crippen LogP contribution in [0.3, 0.4) is 0 Å². The van der Waals surface area contributed by atoms with Gasteiger partial charge < -0.3 is 5.32 Å². The van der Waals surface area contributed by atoms with Gasteiger partial charge in [-0.1, -0.05) is 24.3 Å². The van der Waals surface area contributed by atoms with E-state index in [4.69, 9.17) is 0 Å². The highest BCUT2D eigenvalue weighted by Crippen LogP contribution is 2.21. The Labute approximate surface area is 167 Å². The number of benzene rings is 2. The molecule has 3 rings (SSSR count). The normalized spacial score (nSPS) is 10.6.